The van der Waals surface area contributed by atoms with Crippen molar-refractivity contribution in [2.45, 2.75) is 121 Å². The number of benzene rings is 1. The summed E-state index contributed by atoms with van der Waals surface area (Å²) in [6, 6.07) is 5.12. The van der Waals surface area contributed by atoms with Crippen LogP contribution in [0.5, 0.6) is 0 Å². The summed E-state index contributed by atoms with van der Waals surface area (Å²) in [5, 5.41) is 1.69. The van der Waals surface area contributed by atoms with Gasteiger partial charge in [0.1, 0.15) is 0 Å². The molecule has 166 valence electrons. The SMILES string of the molecule is CC(C)(C)c1cc(C(C)(C)C)c([P]=[Sb][CH]([Si](C)(C)C)[Si](C)(C)C)c(C(C)(C)C)c1. The Balaban J connectivity index is 3.88. The predicted octanol–water partition coefficient (Wildman–Crippen LogP) is 8.31. The van der Waals surface area contributed by atoms with Crippen LogP contribution in [0.15, 0.2) is 12.1 Å². The Labute approximate surface area is 196 Å². The quantitative estimate of drug-likeness (QED) is 0.258. The second-order valence-electron chi connectivity index (χ2n) is 14.0. The van der Waals surface area contributed by atoms with Crippen LogP contribution in [0, 0.1) is 0 Å². The van der Waals surface area contributed by atoms with Crippen molar-refractivity contribution in [2.75, 3.05) is 0 Å². The summed E-state index contributed by atoms with van der Waals surface area (Å²) in [5.41, 5.74) is 6.98. The van der Waals surface area contributed by atoms with Gasteiger partial charge in [-0.2, -0.15) is 0 Å². The van der Waals surface area contributed by atoms with Crippen molar-refractivity contribution in [3.05, 3.63) is 28.8 Å². The Bertz CT molecular complexity index is 696. The minimum atomic E-state index is -1.12. The molecule has 0 aliphatic heterocycles. The van der Waals surface area contributed by atoms with Crippen LogP contribution in [0.1, 0.15) is 79.0 Å². The Morgan fingerprint density at radius 1 is 0.655 bits per heavy atom. The van der Waals surface area contributed by atoms with E-state index in [9.17, 15) is 0 Å². The van der Waals surface area contributed by atoms with Crippen molar-refractivity contribution in [1.29, 1.82) is 0 Å². The molecule has 0 spiro atoms. The zero-order valence-electron chi connectivity index (χ0n) is 22.1. The van der Waals surface area contributed by atoms with Gasteiger partial charge in [-0.1, -0.05) is 0 Å². The van der Waals surface area contributed by atoms with Crippen molar-refractivity contribution >= 4 is 47.7 Å². The summed E-state index contributed by atoms with van der Waals surface area (Å²) in [4.78, 5) is 0. The maximum atomic E-state index is 2.62. The standard InChI is InChI=1S/C18H29P.C7H19Si2.Sb/c1-16(2,3)12-10-13(17(4,5)6)15(19)14(11-12)18(7,8)9;1-8(2,3)7-9(4,5)6;/h10-11H,1-9H3;7H,1-6H3;. The van der Waals surface area contributed by atoms with E-state index in [4.69, 9.17) is 0 Å². The molecule has 1 rings (SSSR count). The summed E-state index contributed by atoms with van der Waals surface area (Å²) in [6.07, 6.45) is 0. The van der Waals surface area contributed by atoms with Crippen molar-refractivity contribution in [2.24, 2.45) is 0 Å². The third kappa shape index (κ3) is 7.69. The van der Waals surface area contributed by atoms with Gasteiger partial charge in [-0.15, -0.1) is 0 Å². The number of hydrogen-bond acceptors (Lipinski definition) is 0. The van der Waals surface area contributed by atoms with Crippen molar-refractivity contribution in [1.82, 2.24) is 0 Å². The van der Waals surface area contributed by atoms with Crippen molar-refractivity contribution in [3.63, 3.8) is 0 Å². The molecular formula is C25H48PSbSi2. The van der Waals surface area contributed by atoms with E-state index in [2.05, 4.69) is 114 Å². The molecular weight excluding hydrogens is 509 g/mol. The Kier molecular flexibility index (Phi) is 8.59. The van der Waals surface area contributed by atoms with Gasteiger partial charge >= 0.3 is 197 Å². The molecule has 0 saturated heterocycles. The summed E-state index contributed by atoms with van der Waals surface area (Å²) in [7, 11) is -2.24. The third-order valence-electron chi connectivity index (χ3n) is 5.51. The van der Waals surface area contributed by atoms with Crippen LogP contribution in [0.2, 0.25) is 42.4 Å². The molecule has 4 heteroatoms. The van der Waals surface area contributed by atoms with E-state index >= 15 is 0 Å². The molecule has 1 aromatic carbocycles. The van der Waals surface area contributed by atoms with Gasteiger partial charge in [-0.3, -0.25) is 0 Å². The molecule has 0 bridgehead atoms. The molecule has 0 aliphatic carbocycles. The van der Waals surface area contributed by atoms with Gasteiger partial charge in [0.05, 0.1) is 0 Å². The maximum absolute atomic E-state index is 2.62. The fourth-order valence-corrected chi connectivity index (χ4v) is 42.4. The van der Waals surface area contributed by atoms with E-state index in [-0.39, 0.29) is 36.8 Å². The van der Waals surface area contributed by atoms with Crippen LogP contribution < -0.4 is 5.30 Å². The van der Waals surface area contributed by atoms with Crippen LogP contribution in [0.4, 0.5) is 0 Å². The molecule has 29 heavy (non-hydrogen) atoms. The molecule has 0 amide bonds. The van der Waals surface area contributed by atoms with Crippen LogP contribution in [0.25, 0.3) is 0 Å². The molecule has 0 aromatic heterocycles. The summed E-state index contributed by atoms with van der Waals surface area (Å²) in [6.45, 7) is 37.3. The van der Waals surface area contributed by atoms with Gasteiger partial charge in [0.15, 0.2) is 0 Å². The molecule has 0 heterocycles. The molecule has 0 aliphatic rings. The average molecular weight is 558 g/mol. The fourth-order valence-electron chi connectivity index (χ4n) is 4.08. The van der Waals surface area contributed by atoms with Crippen LogP contribution >= 0.6 is 5.69 Å². The molecule has 0 radical (unpaired) electrons. The first-order chi connectivity index (χ1) is 12.6. The topological polar surface area (TPSA) is 0 Å². The molecule has 0 nitrogen and oxygen atoms in total. The van der Waals surface area contributed by atoms with Crippen LogP contribution in [0.3, 0.4) is 0 Å². The number of hydrogen-bond donors (Lipinski definition) is 0. The predicted molar refractivity (Wildman–Crippen MR) is 145 cm³/mol. The van der Waals surface area contributed by atoms with E-state index in [1.807, 2.05) is 0 Å². The second-order valence-corrected chi connectivity index (χ2v) is 34.1. The van der Waals surface area contributed by atoms with Gasteiger partial charge in [-0.05, 0) is 0 Å². The van der Waals surface area contributed by atoms with Crippen molar-refractivity contribution < 1.29 is 0 Å². The van der Waals surface area contributed by atoms with E-state index in [1.165, 1.54) is 5.56 Å². The molecule has 0 N–H and O–H groups in total. The van der Waals surface area contributed by atoms with E-state index in [0.717, 1.165) is 3.11 Å². The summed E-state index contributed by atoms with van der Waals surface area (Å²) in [5.74, 6) is 0. The van der Waals surface area contributed by atoms with Gasteiger partial charge in [-0.25, -0.2) is 0 Å². The van der Waals surface area contributed by atoms with Gasteiger partial charge in [0, 0.05) is 0 Å². The summed E-state index contributed by atoms with van der Waals surface area (Å²) >= 11 is -0.313. The van der Waals surface area contributed by atoms with Crippen molar-refractivity contribution in [3.8, 4) is 0 Å². The Morgan fingerprint density at radius 2 is 1.00 bits per heavy atom. The Morgan fingerprint density at radius 3 is 1.24 bits per heavy atom. The first-order valence-electron chi connectivity index (χ1n) is 11.2. The molecule has 0 saturated carbocycles. The minimum absolute atomic E-state index is 0.187. The Hall–Kier alpha value is 0.772. The second kappa shape index (κ2) is 8.96. The average Bonchev–Trinajstić information content (AvgIpc) is 2.40. The normalized spacial score (nSPS) is 14.9. The zero-order chi connectivity index (χ0) is 23.2. The third-order valence-corrected chi connectivity index (χ3v) is 37.6. The zero-order valence-corrected chi connectivity index (χ0v) is 27.6. The van der Waals surface area contributed by atoms with Crippen LogP contribution in [-0.4, -0.2) is 36.7 Å². The van der Waals surface area contributed by atoms with Gasteiger partial charge < -0.3 is 0 Å². The first kappa shape index (κ1) is 27.8. The molecule has 0 fully saturated rings. The van der Waals surface area contributed by atoms with Crippen LogP contribution in [-0.2, 0) is 16.2 Å². The molecule has 1 aromatic rings. The monoisotopic (exact) mass is 556 g/mol. The van der Waals surface area contributed by atoms with E-state index in [0.29, 0.717) is 0 Å². The number of rotatable bonds is 4. The van der Waals surface area contributed by atoms with Gasteiger partial charge in [0.25, 0.3) is 0 Å². The molecule has 0 unspecified atom stereocenters. The van der Waals surface area contributed by atoms with E-state index < -0.39 is 16.1 Å². The fraction of sp³-hybridized carbons (Fsp3) is 0.760. The van der Waals surface area contributed by atoms with E-state index in [1.54, 1.807) is 22.1 Å². The first-order valence-corrected chi connectivity index (χ1v) is 24.1. The molecule has 0 atom stereocenters. The summed E-state index contributed by atoms with van der Waals surface area (Å²) < 4.78 is 1.09. The van der Waals surface area contributed by atoms with Gasteiger partial charge in [0.2, 0.25) is 0 Å².